The Labute approximate surface area is 148 Å². The van der Waals surface area contributed by atoms with E-state index < -0.39 is 34.9 Å². The molecule has 0 bridgehead atoms. The number of amides is 3. The number of hydrogen-bond acceptors (Lipinski definition) is 5. The van der Waals surface area contributed by atoms with Crippen LogP contribution in [0.15, 0.2) is 48.5 Å². The fourth-order valence-corrected chi connectivity index (χ4v) is 2.87. The number of nitrogens with zero attached hydrogens (tertiary/aromatic N) is 2. The van der Waals surface area contributed by atoms with E-state index in [0.29, 0.717) is 0 Å². The fourth-order valence-electron chi connectivity index (χ4n) is 2.87. The van der Waals surface area contributed by atoms with Gasteiger partial charge in [-0.2, -0.15) is 0 Å². The zero-order valence-electron chi connectivity index (χ0n) is 13.8. The molecule has 8 nitrogen and oxygen atoms in total. The smallest absolute Gasteiger partial charge is 0.282 e. The summed E-state index contributed by atoms with van der Waals surface area (Å²) < 4.78 is 0. The Morgan fingerprint density at radius 1 is 1.12 bits per heavy atom. The molecule has 0 radical (unpaired) electrons. The molecule has 132 valence electrons. The molecule has 0 aromatic heterocycles. The molecular weight excluding hydrogens is 338 g/mol. The molecule has 0 unspecified atom stereocenters. The Balaban J connectivity index is 1.76. The average molecular weight is 353 g/mol. The minimum absolute atomic E-state index is 0.0619. The summed E-state index contributed by atoms with van der Waals surface area (Å²) >= 11 is 0. The molecule has 0 spiro atoms. The number of rotatable bonds is 5. The van der Waals surface area contributed by atoms with Gasteiger partial charge in [0.15, 0.2) is 0 Å². The molecule has 1 heterocycles. The quantitative estimate of drug-likeness (QED) is 0.503. The number of imide groups is 1. The van der Waals surface area contributed by atoms with Crippen LogP contribution in [0.1, 0.15) is 39.2 Å². The van der Waals surface area contributed by atoms with Gasteiger partial charge in [-0.25, -0.2) is 0 Å². The molecule has 26 heavy (non-hydrogen) atoms. The normalized spacial score (nSPS) is 14.1. The van der Waals surface area contributed by atoms with Crippen molar-refractivity contribution in [2.45, 2.75) is 13.0 Å². The Kier molecular flexibility index (Phi) is 4.49. The predicted octanol–water partition coefficient (Wildman–Crippen LogP) is 2.07. The summed E-state index contributed by atoms with van der Waals surface area (Å²) in [6.45, 7) is 1.28. The zero-order valence-corrected chi connectivity index (χ0v) is 13.8. The lowest BCUT2D eigenvalue weighted by Crippen LogP contribution is -2.41. The highest BCUT2D eigenvalue weighted by atomic mass is 16.6. The summed E-state index contributed by atoms with van der Waals surface area (Å²) in [6, 6.07) is 12.7. The molecule has 0 saturated carbocycles. The van der Waals surface area contributed by atoms with E-state index in [4.69, 9.17) is 0 Å². The van der Waals surface area contributed by atoms with Gasteiger partial charge in [-0.1, -0.05) is 36.4 Å². The first-order chi connectivity index (χ1) is 12.4. The van der Waals surface area contributed by atoms with Gasteiger partial charge in [0.05, 0.1) is 16.5 Å². The number of carbonyl (C=O) groups excluding carboxylic acids is 3. The second-order valence-electron chi connectivity index (χ2n) is 5.85. The standard InChI is InChI=1S/C18H15N3O5/c1-11(12-6-3-2-4-7-12)19-15(22)10-20-17(23)13-8-5-9-14(21(25)26)16(13)18(20)24/h2-9,11H,10H2,1H3,(H,19,22)/t11-/m0/s1. The lowest BCUT2D eigenvalue weighted by atomic mass is 10.1. The lowest BCUT2D eigenvalue weighted by Gasteiger charge is -2.17. The summed E-state index contributed by atoms with van der Waals surface area (Å²) in [5.41, 5.74) is 0.0970. The first-order valence-electron chi connectivity index (χ1n) is 7.88. The highest BCUT2D eigenvalue weighted by Gasteiger charge is 2.41. The van der Waals surface area contributed by atoms with E-state index in [1.54, 1.807) is 6.92 Å². The van der Waals surface area contributed by atoms with Crippen molar-refractivity contribution in [2.24, 2.45) is 0 Å². The summed E-state index contributed by atoms with van der Waals surface area (Å²) in [5, 5.41) is 13.8. The number of hydrogen-bond donors (Lipinski definition) is 1. The molecule has 0 fully saturated rings. The minimum atomic E-state index is -0.834. The third-order valence-electron chi connectivity index (χ3n) is 4.15. The van der Waals surface area contributed by atoms with E-state index >= 15 is 0 Å². The van der Waals surface area contributed by atoms with E-state index in [1.165, 1.54) is 12.1 Å². The Hall–Kier alpha value is -3.55. The number of carbonyl (C=O) groups is 3. The molecule has 2 aromatic carbocycles. The second kappa shape index (κ2) is 6.75. The highest BCUT2D eigenvalue weighted by molar-refractivity contribution is 6.24. The average Bonchev–Trinajstić information content (AvgIpc) is 2.87. The van der Waals surface area contributed by atoms with Crippen LogP contribution in [0, 0.1) is 10.1 Å². The SMILES string of the molecule is C[C@H](NC(=O)CN1C(=O)c2cccc([N+](=O)[O-])c2C1=O)c1ccccc1. The van der Waals surface area contributed by atoms with Gasteiger partial charge in [-0.3, -0.25) is 29.4 Å². The largest absolute Gasteiger partial charge is 0.348 e. The summed E-state index contributed by atoms with van der Waals surface area (Å²) in [7, 11) is 0. The first-order valence-corrected chi connectivity index (χ1v) is 7.88. The molecule has 2 aromatic rings. The molecule has 1 aliphatic rings. The van der Waals surface area contributed by atoms with Crippen LogP contribution in [0.3, 0.4) is 0 Å². The third-order valence-corrected chi connectivity index (χ3v) is 4.15. The van der Waals surface area contributed by atoms with Gasteiger partial charge in [-0.05, 0) is 18.6 Å². The Morgan fingerprint density at radius 2 is 1.81 bits per heavy atom. The molecule has 8 heteroatoms. The fraction of sp³-hybridized carbons (Fsp3) is 0.167. The van der Waals surface area contributed by atoms with E-state index in [2.05, 4.69) is 5.32 Å². The number of fused-ring (bicyclic) bond motifs is 1. The van der Waals surface area contributed by atoms with Gasteiger partial charge in [0.25, 0.3) is 17.5 Å². The zero-order chi connectivity index (χ0) is 18.8. The van der Waals surface area contributed by atoms with Crippen molar-refractivity contribution in [3.8, 4) is 0 Å². The molecular formula is C18H15N3O5. The van der Waals surface area contributed by atoms with Crippen molar-refractivity contribution in [1.29, 1.82) is 0 Å². The Bertz CT molecular complexity index is 910. The summed E-state index contributed by atoms with van der Waals surface area (Å²) in [6.07, 6.45) is 0. The van der Waals surface area contributed by atoms with Crippen LogP contribution in [0.2, 0.25) is 0 Å². The summed E-state index contributed by atoms with van der Waals surface area (Å²) in [4.78, 5) is 48.2. The molecule has 1 N–H and O–H groups in total. The van der Waals surface area contributed by atoms with Crippen molar-refractivity contribution < 1.29 is 19.3 Å². The second-order valence-corrected chi connectivity index (χ2v) is 5.85. The van der Waals surface area contributed by atoms with Crippen LogP contribution in [0.4, 0.5) is 5.69 Å². The van der Waals surface area contributed by atoms with E-state index in [-0.39, 0.29) is 17.2 Å². The van der Waals surface area contributed by atoms with E-state index in [0.717, 1.165) is 16.5 Å². The van der Waals surface area contributed by atoms with Gasteiger partial charge < -0.3 is 5.32 Å². The molecule has 1 atom stereocenters. The molecule has 3 amide bonds. The van der Waals surface area contributed by atoms with Gasteiger partial charge >= 0.3 is 0 Å². The van der Waals surface area contributed by atoms with Gasteiger partial charge in [-0.15, -0.1) is 0 Å². The van der Waals surface area contributed by atoms with Crippen LogP contribution in [-0.2, 0) is 4.79 Å². The number of nitro groups is 1. The monoisotopic (exact) mass is 353 g/mol. The topological polar surface area (TPSA) is 110 Å². The third kappa shape index (κ3) is 3.04. The van der Waals surface area contributed by atoms with Gasteiger partial charge in [0, 0.05) is 6.07 Å². The van der Waals surface area contributed by atoms with Crippen molar-refractivity contribution in [2.75, 3.05) is 6.54 Å². The highest BCUT2D eigenvalue weighted by Crippen LogP contribution is 2.30. The lowest BCUT2D eigenvalue weighted by molar-refractivity contribution is -0.385. The van der Waals surface area contributed by atoms with Crippen molar-refractivity contribution in [3.63, 3.8) is 0 Å². The molecule has 0 saturated heterocycles. The minimum Gasteiger partial charge on any atom is -0.348 e. The van der Waals surface area contributed by atoms with Crippen molar-refractivity contribution >= 4 is 23.4 Å². The van der Waals surface area contributed by atoms with Crippen LogP contribution in [0.25, 0.3) is 0 Å². The van der Waals surface area contributed by atoms with Gasteiger partial charge in [0.2, 0.25) is 5.91 Å². The van der Waals surface area contributed by atoms with Crippen LogP contribution < -0.4 is 5.32 Å². The number of nitro benzene ring substituents is 1. The van der Waals surface area contributed by atoms with Crippen molar-refractivity contribution in [3.05, 3.63) is 75.3 Å². The van der Waals surface area contributed by atoms with Crippen LogP contribution in [0.5, 0.6) is 0 Å². The molecule has 1 aliphatic heterocycles. The summed E-state index contributed by atoms with van der Waals surface area (Å²) in [5.74, 6) is -2.07. The van der Waals surface area contributed by atoms with E-state index in [9.17, 15) is 24.5 Å². The molecule has 3 rings (SSSR count). The van der Waals surface area contributed by atoms with Crippen molar-refractivity contribution in [1.82, 2.24) is 10.2 Å². The maximum absolute atomic E-state index is 12.4. The maximum Gasteiger partial charge on any atom is 0.282 e. The Morgan fingerprint density at radius 3 is 2.46 bits per heavy atom. The van der Waals surface area contributed by atoms with Gasteiger partial charge in [0.1, 0.15) is 12.1 Å². The maximum atomic E-state index is 12.4. The predicted molar refractivity (Wildman–Crippen MR) is 91.5 cm³/mol. The van der Waals surface area contributed by atoms with Crippen LogP contribution >= 0.6 is 0 Å². The van der Waals surface area contributed by atoms with E-state index in [1.807, 2.05) is 30.3 Å². The molecule has 0 aliphatic carbocycles. The first kappa shape index (κ1) is 17.3. The number of nitrogens with one attached hydrogen (secondary N) is 1. The van der Waals surface area contributed by atoms with Crippen LogP contribution in [-0.4, -0.2) is 34.1 Å². The number of benzene rings is 2.